The molecule has 2 aliphatic rings. The summed E-state index contributed by atoms with van der Waals surface area (Å²) >= 11 is 0. The average Bonchev–Trinajstić information content (AvgIpc) is 3.32. The molecule has 1 heterocycles. The van der Waals surface area contributed by atoms with Gasteiger partial charge in [0.15, 0.2) is 5.69 Å². The first kappa shape index (κ1) is 14.6. The minimum atomic E-state index is -0.113. The minimum absolute atomic E-state index is 0.0116. The number of aliphatic hydroxyl groups excluding tert-OH is 1. The summed E-state index contributed by atoms with van der Waals surface area (Å²) in [6.07, 6.45) is 4.47. The van der Waals surface area contributed by atoms with Crippen LogP contribution in [-0.4, -0.2) is 44.9 Å². The fourth-order valence-electron chi connectivity index (χ4n) is 2.80. The summed E-state index contributed by atoms with van der Waals surface area (Å²) in [5, 5.41) is 13.8. The SMILES string of the molecule is CC(C)(C)n1nc(C(=O)N(CCO)C2CC2)cc1C1CC1. The van der Waals surface area contributed by atoms with E-state index in [4.69, 9.17) is 0 Å². The van der Waals surface area contributed by atoms with Crippen LogP contribution in [0.2, 0.25) is 0 Å². The molecule has 21 heavy (non-hydrogen) atoms. The second kappa shape index (κ2) is 5.13. The molecule has 2 fully saturated rings. The van der Waals surface area contributed by atoms with Gasteiger partial charge < -0.3 is 10.0 Å². The number of nitrogens with zero attached hydrogens (tertiary/aromatic N) is 3. The summed E-state index contributed by atoms with van der Waals surface area (Å²) in [7, 11) is 0. The van der Waals surface area contributed by atoms with Gasteiger partial charge in [-0.25, -0.2) is 0 Å². The summed E-state index contributed by atoms with van der Waals surface area (Å²) in [5.41, 5.74) is 1.61. The Morgan fingerprint density at radius 3 is 2.52 bits per heavy atom. The molecule has 0 unspecified atom stereocenters. The van der Waals surface area contributed by atoms with Crippen LogP contribution < -0.4 is 0 Å². The van der Waals surface area contributed by atoms with Gasteiger partial charge >= 0.3 is 0 Å². The standard InChI is InChI=1S/C16H25N3O2/c1-16(2,3)19-14(11-4-5-11)10-13(17-19)15(21)18(8-9-20)12-6-7-12/h10-12,20H,4-9H2,1-3H3. The number of hydrogen-bond donors (Lipinski definition) is 1. The second-order valence-corrected chi connectivity index (χ2v) is 7.26. The number of rotatable bonds is 5. The quantitative estimate of drug-likeness (QED) is 0.904. The van der Waals surface area contributed by atoms with Crippen LogP contribution in [0.5, 0.6) is 0 Å². The molecule has 5 nitrogen and oxygen atoms in total. The monoisotopic (exact) mass is 291 g/mol. The van der Waals surface area contributed by atoms with Crippen molar-refractivity contribution in [3.8, 4) is 0 Å². The van der Waals surface area contributed by atoms with Crippen LogP contribution in [0.1, 0.15) is 68.6 Å². The molecular formula is C16H25N3O2. The fraction of sp³-hybridized carbons (Fsp3) is 0.750. The van der Waals surface area contributed by atoms with E-state index in [1.54, 1.807) is 4.90 Å². The van der Waals surface area contributed by atoms with Gasteiger partial charge in [-0.3, -0.25) is 9.48 Å². The summed E-state index contributed by atoms with van der Waals surface area (Å²) in [6, 6.07) is 2.27. The van der Waals surface area contributed by atoms with Crippen LogP contribution in [0.25, 0.3) is 0 Å². The molecule has 0 radical (unpaired) electrons. The van der Waals surface area contributed by atoms with Crippen molar-refractivity contribution in [2.75, 3.05) is 13.2 Å². The van der Waals surface area contributed by atoms with Crippen LogP contribution in [0.3, 0.4) is 0 Å². The van der Waals surface area contributed by atoms with Gasteiger partial charge in [-0.05, 0) is 52.5 Å². The van der Waals surface area contributed by atoms with Crippen molar-refractivity contribution in [3.05, 3.63) is 17.5 Å². The van der Waals surface area contributed by atoms with E-state index < -0.39 is 0 Å². The van der Waals surface area contributed by atoms with Gasteiger partial charge in [0.2, 0.25) is 0 Å². The number of amides is 1. The first-order valence-electron chi connectivity index (χ1n) is 7.94. The van der Waals surface area contributed by atoms with Crippen LogP contribution >= 0.6 is 0 Å². The third kappa shape index (κ3) is 2.98. The van der Waals surface area contributed by atoms with Gasteiger partial charge in [-0.1, -0.05) is 0 Å². The van der Waals surface area contributed by atoms with Crippen LogP contribution in [-0.2, 0) is 5.54 Å². The van der Waals surface area contributed by atoms with E-state index in [2.05, 4.69) is 25.9 Å². The molecule has 0 bridgehead atoms. The summed E-state index contributed by atoms with van der Waals surface area (Å²) in [4.78, 5) is 14.5. The highest BCUT2D eigenvalue weighted by atomic mass is 16.3. The maximum atomic E-state index is 12.7. The van der Waals surface area contributed by atoms with E-state index in [-0.39, 0.29) is 18.1 Å². The molecule has 0 spiro atoms. The fourth-order valence-corrected chi connectivity index (χ4v) is 2.80. The van der Waals surface area contributed by atoms with Crippen molar-refractivity contribution in [2.24, 2.45) is 0 Å². The Kier molecular flexibility index (Phi) is 3.56. The molecule has 2 saturated carbocycles. The van der Waals surface area contributed by atoms with E-state index in [9.17, 15) is 9.90 Å². The molecule has 0 atom stereocenters. The second-order valence-electron chi connectivity index (χ2n) is 7.26. The van der Waals surface area contributed by atoms with Gasteiger partial charge in [-0.15, -0.1) is 0 Å². The molecule has 1 amide bonds. The highest BCUT2D eigenvalue weighted by Gasteiger charge is 2.36. The zero-order chi connectivity index (χ0) is 15.2. The van der Waals surface area contributed by atoms with E-state index in [1.807, 2.05) is 10.7 Å². The first-order chi connectivity index (χ1) is 9.91. The lowest BCUT2D eigenvalue weighted by molar-refractivity contribution is 0.0700. The van der Waals surface area contributed by atoms with Crippen LogP contribution in [0.15, 0.2) is 6.07 Å². The Balaban J connectivity index is 1.89. The van der Waals surface area contributed by atoms with Crippen molar-refractivity contribution in [2.45, 2.75) is 64.0 Å². The smallest absolute Gasteiger partial charge is 0.274 e. The normalized spacial score (nSPS) is 18.9. The van der Waals surface area contributed by atoms with E-state index in [0.29, 0.717) is 24.2 Å². The van der Waals surface area contributed by atoms with Crippen molar-refractivity contribution >= 4 is 5.91 Å². The largest absolute Gasteiger partial charge is 0.395 e. The summed E-state index contributed by atoms with van der Waals surface area (Å²) in [5.74, 6) is 0.530. The molecule has 0 aromatic carbocycles. The van der Waals surface area contributed by atoms with Gasteiger partial charge in [0.1, 0.15) is 0 Å². The maximum Gasteiger partial charge on any atom is 0.274 e. The van der Waals surface area contributed by atoms with E-state index in [0.717, 1.165) is 12.8 Å². The summed E-state index contributed by atoms with van der Waals surface area (Å²) in [6.45, 7) is 6.77. The molecule has 0 aliphatic heterocycles. The Labute approximate surface area is 125 Å². The zero-order valence-corrected chi connectivity index (χ0v) is 13.2. The third-order valence-electron chi connectivity index (χ3n) is 4.18. The highest BCUT2D eigenvalue weighted by Crippen LogP contribution is 2.42. The lowest BCUT2D eigenvalue weighted by Gasteiger charge is -2.23. The first-order valence-corrected chi connectivity index (χ1v) is 7.94. The molecule has 1 N–H and O–H groups in total. The molecule has 0 saturated heterocycles. The number of hydrogen-bond acceptors (Lipinski definition) is 3. The lowest BCUT2D eigenvalue weighted by atomic mass is 10.1. The van der Waals surface area contributed by atoms with Gasteiger partial charge in [0, 0.05) is 24.2 Å². The Morgan fingerprint density at radius 1 is 1.38 bits per heavy atom. The molecule has 1 aromatic heterocycles. The van der Waals surface area contributed by atoms with Crippen LogP contribution in [0, 0.1) is 0 Å². The molecule has 2 aliphatic carbocycles. The Morgan fingerprint density at radius 2 is 2.05 bits per heavy atom. The maximum absolute atomic E-state index is 12.7. The molecule has 116 valence electrons. The van der Waals surface area contributed by atoms with Crippen molar-refractivity contribution < 1.29 is 9.90 Å². The number of carbonyl (C=O) groups excluding carboxylic acids is 1. The molecule has 1 aromatic rings. The minimum Gasteiger partial charge on any atom is -0.395 e. The number of aliphatic hydroxyl groups is 1. The van der Waals surface area contributed by atoms with Crippen molar-refractivity contribution in [3.63, 3.8) is 0 Å². The van der Waals surface area contributed by atoms with Gasteiger partial charge in [-0.2, -0.15) is 5.10 Å². The van der Waals surface area contributed by atoms with E-state index >= 15 is 0 Å². The van der Waals surface area contributed by atoms with Crippen molar-refractivity contribution in [1.82, 2.24) is 14.7 Å². The van der Waals surface area contributed by atoms with Gasteiger partial charge in [0.05, 0.1) is 12.1 Å². The molecule has 3 rings (SSSR count). The average molecular weight is 291 g/mol. The lowest BCUT2D eigenvalue weighted by Crippen LogP contribution is -2.36. The molecular weight excluding hydrogens is 266 g/mol. The highest BCUT2D eigenvalue weighted by molar-refractivity contribution is 5.93. The predicted octanol–water partition coefficient (Wildman–Crippen LogP) is 2.11. The zero-order valence-electron chi connectivity index (χ0n) is 13.2. The summed E-state index contributed by atoms with van der Waals surface area (Å²) < 4.78 is 2.02. The van der Waals surface area contributed by atoms with Crippen molar-refractivity contribution in [1.29, 1.82) is 0 Å². The van der Waals surface area contributed by atoms with E-state index in [1.165, 1.54) is 18.5 Å². The van der Waals surface area contributed by atoms with Crippen LogP contribution in [0.4, 0.5) is 0 Å². The predicted molar refractivity (Wildman–Crippen MR) is 80.3 cm³/mol. The van der Waals surface area contributed by atoms with Gasteiger partial charge in [0.25, 0.3) is 5.91 Å². The third-order valence-corrected chi connectivity index (χ3v) is 4.18. The Hall–Kier alpha value is -1.36. The number of aromatic nitrogens is 2. The topological polar surface area (TPSA) is 58.4 Å². The Bertz CT molecular complexity index is 536. The molecule has 5 heteroatoms. The number of carbonyl (C=O) groups is 1.